The fourth-order valence-electron chi connectivity index (χ4n) is 2.46. The monoisotopic (exact) mass is 249 g/mol. The van der Waals surface area contributed by atoms with Gasteiger partial charge >= 0.3 is 0 Å². The molecule has 4 heteroatoms. The molecule has 0 aliphatic heterocycles. The number of anilines is 1. The zero-order chi connectivity index (χ0) is 12.1. The zero-order valence-electron chi connectivity index (χ0n) is 9.98. The van der Waals surface area contributed by atoms with Gasteiger partial charge in [0.2, 0.25) is 0 Å². The van der Waals surface area contributed by atoms with Crippen LogP contribution in [0.2, 0.25) is 0 Å². The van der Waals surface area contributed by atoms with Gasteiger partial charge in [0.1, 0.15) is 4.99 Å². The molecule has 0 saturated heterocycles. The van der Waals surface area contributed by atoms with Gasteiger partial charge in [-0.1, -0.05) is 37.9 Å². The Morgan fingerprint density at radius 2 is 2.24 bits per heavy atom. The van der Waals surface area contributed by atoms with Crippen LogP contribution < -0.4 is 11.1 Å². The second kappa shape index (κ2) is 5.96. The van der Waals surface area contributed by atoms with Gasteiger partial charge in [-0.05, 0) is 18.4 Å². The van der Waals surface area contributed by atoms with Crippen LogP contribution in [-0.2, 0) is 0 Å². The highest BCUT2D eigenvalue weighted by molar-refractivity contribution is 7.80. The summed E-state index contributed by atoms with van der Waals surface area (Å²) in [6.07, 6.45) is 10.3. The fraction of sp³-hybridized carbons (Fsp3) is 0.538. The maximum absolute atomic E-state index is 5.67. The molecule has 0 spiro atoms. The molecule has 0 radical (unpaired) electrons. The summed E-state index contributed by atoms with van der Waals surface area (Å²) in [5.41, 5.74) is 7.52. The van der Waals surface area contributed by atoms with Gasteiger partial charge < -0.3 is 11.1 Å². The first kappa shape index (κ1) is 12.3. The molecule has 1 saturated carbocycles. The second-order valence-electron chi connectivity index (χ2n) is 4.65. The van der Waals surface area contributed by atoms with Crippen LogP contribution in [0.4, 0.5) is 5.69 Å². The van der Waals surface area contributed by atoms with Gasteiger partial charge in [0, 0.05) is 18.3 Å². The quantitative estimate of drug-likeness (QED) is 0.788. The van der Waals surface area contributed by atoms with Gasteiger partial charge in [0.15, 0.2) is 0 Å². The first-order valence-electron chi connectivity index (χ1n) is 6.25. The van der Waals surface area contributed by atoms with Crippen molar-refractivity contribution in [1.82, 2.24) is 4.98 Å². The molecule has 0 bridgehead atoms. The molecule has 0 amide bonds. The van der Waals surface area contributed by atoms with Crippen LogP contribution in [0.15, 0.2) is 18.5 Å². The zero-order valence-corrected chi connectivity index (χ0v) is 10.8. The van der Waals surface area contributed by atoms with E-state index >= 15 is 0 Å². The van der Waals surface area contributed by atoms with Gasteiger partial charge in [-0.2, -0.15) is 0 Å². The Morgan fingerprint density at radius 3 is 2.94 bits per heavy atom. The number of pyridine rings is 1. The molecular weight excluding hydrogens is 230 g/mol. The Bertz CT molecular complexity index is 386. The molecule has 1 heterocycles. The lowest BCUT2D eigenvalue weighted by Crippen LogP contribution is -2.15. The van der Waals surface area contributed by atoms with E-state index in [0.717, 1.165) is 23.7 Å². The van der Waals surface area contributed by atoms with Crippen LogP contribution in [0.1, 0.15) is 37.7 Å². The molecule has 0 atom stereocenters. The van der Waals surface area contributed by atoms with Crippen molar-refractivity contribution in [2.24, 2.45) is 11.7 Å². The minimum atomic E-state index is 0.427. The first-order valence-corrected chi connectivity index (χ1v) is 6.66. The summed E-state index contributed by atoms with van der Waals surface area (Å²) in [5.74, 6) is 0.896. The highest BCUT2D eigenvalue weighted by Gasteiger charge is 2.14. The standard InChI is InChI=1S/C13H19N3S/c14-13(17)11-6-7-15-9-12(11)16-8-5-10-3-1-2-4-10/h6-7,9-10,16H,1-5,8H2,(H2,14,17). The van der Waals surface area contributed by atoms with E-state index in [9.17, 15) is 0 Å². The Kier molecular flexibility index (Phi) is 4.31. The number of nitrogens with two attached hydrogens (primary N) is 1. The van der Waals surface area contributed by atoms with Crippen molar-refractivity contribution in [2.75, 3.05) is 11.9 Å². The molecule has 3 N–H and O–H groups in total. The van der Waals surface area contributed by atoms with Crippen molar-refractivity contribution in [2.45, 2.75) is 32.1 Å². The minimum Gasteiger partial charge on any atom is -0.389 e. The number of rotatable bonds is 5. The van der Waals surface area contributed by atoms with Crippen molar-refractivity contribution in [3.63, 3.8) is 0 Å². The van der Waals surface area contributed by atoms with Crippen LogP contribution in [0.3, 0.4) is 0 Å². The second-order valence-corrected chi connectivity index (χ2v) is 5.09. The van der Waals surface area contributed by atoms with Gasteiger partial charge in [-0.15, -0.1) is 0 Å². The molecule has 1 aromatic rings. The van der Waals surface area contributed by atoms with Crippen molar-refractivity contribution in [1.29, 1.82) is 0 Å². The average molecular weight is 249 g/mol. The number of thiocarbonyl (C=S) groups is 1. The van der Waals surface area contributed by atoms with Crippen molar-refractivity contribution in [3.8, 4) is 0 Å². The van der Waals surface area contributed by atoms with E-state index < -0.39 is 0 Å². The van der Waals surface area contributed by atoms with E-state index in [2.05, 4.69) is 10.3 Å². The third-order valence-electron chi connectivity index (χ3n) is 3.43. The molecule has 1 aliphatic carbocycles. The van der Waals surface area contributed by atoms with Crippen LogP contribution >= 0.6 is 12.2 Å². The van der Waals surface area contributed by atoms with Gasteiger partial charge in [0.25, 0.3) is 0 Å². The number of nitrogens with zero attached hydrogens (tertiary/aromatic N) is 1. The molecular formula is C13H19N3S. The highest BCUT2D eigenvalue weighted by atomic mass is 32.1. The Labute approximate surface area is 108 Å². The number of hydrogen-bond acceptors (Lipinski definition) is 3. The van der Waals surface area contributed by atoms with E-state index in [0.29, 0.717) is 4.99 Å². The average Bonchev–Trinajstić information content (AvgIpc) is 2.82. The minimum absolute atomic E-state index is 0.427. The summed E-state index contributed by atoms with van der Waals surface area (Å²) in [7, 11) is 0. The van der Waals surface area contributed by atoms with Crippen LogP contribution in [-0.4, -0.2) is 16.5 Å². The van der Waals surface area contributed by atoms with Crippen LogP contribution in [0.25, 0.3) is 0 Å². The summed E-state index contributed by atoms with van der Waals surface area (Å²) in [6, 6.07) is 1.86. The van der Waals surface area contributed by atoms with Crippen molar-refractivity contribution >= 4 is 22.9 Å². The predicted molar refractivity (Wildman–Crippen MR) is 75.2 cm³/mol. The maximum Gasteiger partial charge on any atom is 0.106 e. The Morgan fingerprint density at radius 1 is 1.47 bits per heavy atom. The third-order valence-corrected chi connectivity index (χ3v) is 3.65. The van der Waals surface area contributed by atoms with Crippen LogP contribution in [0, 0.1) is 5.92 Å². The fourth-order valence-corrected chi connectivity index (χ4v) is 2.64. The van der Waals surface area contributed by atoms with E-state index in [-0.39, 0.29) is 0 Å². The highest BCUT2D eigenvalue weighted by Crippen LogP contribution is 2.27. The Hall–Kier alpha value is -1.16. The van der Waals surface area contributed by atoms with Gasteiger partial charge in [-0.25, -0.2) is 0 Å². The summed E-state index contributed by atoms with van der Waals surface area (Å²) in [6.45, 7) is 0.978. The van der Waals surface area contributed by atoms with Crippen molar-refractivity contribution < 1.29 is 0 Å². The lowest BCUT2D eigenvalue weighted by Gasteiger charge is -2.13. The van der Waals surface area contributed by atoms with Crippen molar-refractivity contribution in [3.05, 3.63) is 24.0 Å². The molecule has 3 nitrogen and oxygen atoms in total. The topological polar surface area (TPSA) is 50.9 Å². The molecule has 17 heavy (non-hydrogen) atoms. The number of nitrogens with one attached hydrogen (secondary N) is 1. The molecule has 0 unspecified atom stereocenters. The summed E-state index contributed by atoms with van der Waals surface area (Å²) >= 11 is 5.02. The van der Waals surface area contributed by atoms with Crippen LogP contribution in [0.5, 0.6) is 0 Å². The normalized spacial score (nSPS) is 16.0. The van der Waals surface area contributed by atoms with Gasteiger partial charge in [-0.3, -0.25) is 4.98 Å². The molecule has 0 aromatic carbocycles. The maximum atomic E-state index is 5.67. The van der Waals surface area contributed by atoms with Gasteiger partial charge in [0.05, 0.1) is 11.9 Å². The largest absolute Gasteiger partial charge is 0.389 e. The number of hydrogen-bond donors (Lipinski definition) is 2. The van der Waals surface area contributed by atoms with E-state index in [1.54, 1.807) is 12.4 Å². The summed E-state index contributed by atoms with van der Waals surface area (Å²) in [4.78, 5) is 4.53. The Balaban J connectivity index is 1.87. The van der Waals surface area contributed by atoms with E-state index in [1.165, 1.54) is 32.1 Å². The summed E-state index contributed by atoms with van der Waals surface area (Å²) in [5, 5.41) is 3.39. The number of aromatic nitrogens is 1. The molecule has 92 valence electrons. The molecule has 2 rings (SSSR count). The molecule has 1 aliphatic rings. The first-order chi connectivity index (χ1) is 8.27. The predicted octanol–water partition coefficient (Wildman–Crippen LogP) is 2.71. The lowest BCUT2D eigenvalue weighted by molar-refractivity contribution is 0.518. The van der Waals surface area contributed by atoms with E-state index in [1.807, 2.05) is 6.07 Å². The molecule has 1 fully saturated rings. The lowest BCUT2D eigenvalue weighted by atomic mass is 10.0. The van der Waals surface area contributed by atoms with E-state index in [4.69, 9.17) is 18.0 Å². The SMILES string of the molecule is NC(=S)c1ccncc1NCCC1CCCC1. The summed E-state index contributed by atoms with van der Waals surface area (Å²) < 4.78 is 0. The molecule has 1 aromatic heterocycles. The third kappa shape index (κ3) is 3.40. The smallest absolute Gasteiger partial charge is 0.106 e.